The Hall–Kier alpha value is -2.57. The number of alkyl halides is 3. The monoisotopic (exact) mass is 299 g/mol. The van der Waals surface area contributed by atoms with Crippen LogP contribution in [0.3, 0.4) is 0 Å². The number of aromatic hydroxyl groups is 1. The standard InChI is InChI=1S/C14H9F4NO2/c15-10-6-5-8(14(16,17)18)7-9(10)13(21)19-11-3-1-2-4-12(11)20/h1-7,20H,(H,19,21). The number of para-hydroxylation sites is 2. The molecule has 0 aliphatic heterocycles. The SMILES string of the molecule is O=C(Nc1ccccc1O)c1cc(C(F)(F)F)ccc1F. The van der Waals surface area contributed by atoms with E-state index in [9.17, 15) is 27.5 Å². The largest absolute Gasteiger partial charge is 0.506 e. The summed E-state index contributed by atoms with van der Waals surface area (Å²) >= 11 is 0. The molecule has 0 aliphatic carbocycles. The molecule has 0 spiro atoms. The molecule has 0 aliphatic rings. The highest BCUT2D eigenvalue weighted by atomic mass is 19.4. The van der Waals surface area contributed by atoms with Crippen molar-refractivity contribution in [3.05, 3.63) is 59.4 Å². The fourth-order valence-electron chi connectivity index (χ4n) is 1.64. The van der Waals surface area contributed by atoms with Gasteiger partial charge in [0.2, 0.25) is 0 Å². The van der Waals surface area contributed by atoms with E-state index in [1.165, 1.54) is 24.3 Å². The summed E-state index contributed by atoms with van der Waals surface area (Å²) in [5.41, 5.74) is -1.92. The maximum absolute atomic E-state index is 13.5. The van der Waals surface area contributed by atoms with Gasteiger partial charge in [-0.3, -0.25) is 4.79 Å². The normalized spacial score (nSPS) is 11.2. The van der Waals surface area contributed by atoms with Crippen molar-refractivity contribution < 1.29 is 27.5 Å². The summed E-state index contributed by atoms with van der Waals surface area (Å²) in [6.07, 6.45) is -4.68. The van der Waals surface area contributed by atoms with E-state index in [0.717, 1.165) is 0 Å². The van der Waals surface area contributed by atoms with Crippen LogP contribution in [0.5, 0.6) is 5.75 Å². The molecule has 2 aromatic carbocycles. The number of nitrogens with one attached hydrogen (secondary N) is 1. The third-order valence-corrected chi connectivity index (χ3v) is 2.69. The van der Waals surface area contributed by atoms with Crippen molar-refractivity contribution in [3.8, 4) is 5.75 Å². The number of phenolic OH excluding ortho intramolecular Hbond substituents is 1. The molecule has 2 aromatic rings. The van der Waals surface area contributed by atoms with Gasteiger partial charge in [0, 0.05) is 0 Å². The lowest BCUT2D eigenvalue weighted by atomic mass is 10.1. The minimum Gasteiger partial charge on any atom is -0.506 e. The molecule has 0 bridgehead atoms. The topological polar surface area (TPSA) is 49.3 Å². The lowest BCUT2D eigenvalue weighted by molar-refractivity contribution is -0.137. The van der Waals surface area contributed by atoms with Gasteiger partial charge in [0.15, 0.2) is 0 Å². The van der Waals surface area contributed by atoms with E-state index in [-0.39, 0.29) is 11.4 Å². The van der Waals surface area contributed by atoms with Crippen molar-refractivity contribution in [2.45, 2.75) is 6.18 Å². The number of carbonyl (C=O) groups excluding carboxylic acids is 1. The Bertz CT molecular complexity index is 683. The van der Waals surface area contributed by atoms with E-state index in [1.807, 2.05) is 0 Å². The lowest BCUT2D eigenvalue weighted by Gasteiger charge is -2.11. The van der Waals surface area contributed by atoms with Crippen molar-refractivity contribution >= 4 is 11.6 Å². The Morgan fingerprint density at radius 3 is 2.38 bits per heavy atom. The Balaban J connectivity index is 2.33. The maximum Gasteiger partial charge on any atom is 0.416 e. The summed E-state index contributed by atoms with van der Waals surface area (Å²) in [6.45, 7) is 0. The summed E-state index contributed by atoms with van der Waals surface area (Å²) in [5.74, 6) is -2.45. The summed E-state index contributed by atoms with van der Waals surface area (Å²) in [4.78, 5) is 11.8. The Morgan fingerprint density at radius 2 is 1.76 bits per heavy atom. The molecule has 7 heteroatoms. The zero-order valence-electron chi connectivity index (χ0n) is 10.4. The van der Waals surface area contributed by atoms with E-state index in [0.29, 0.717) is 18.2 Å². The highest BCUT2D eigenvalue weighted by molar-refractivity contribution is 6.05. The quantitative estimate of drug-likeness (QED) is 0.654. The summed E-state index contributed by atoms with van der Waals surface area (Å²) in [6, 6.07) is 7.14. The first-order valence-corrected chi connectivity index (χ1v) is 5.75. The molecule has 110 valence electrons. The number of amides is 1. The second-order valence-corrected chi connectivity index (χ2v) is 4.16. The summed E-state index contributed by atoms with van der Waals surface area (Å²) in [7, 11) is 0. The number of phenols is 1. The van der Waals surface area contributed by atoms with Gasteiger partial charge in [-0.1, -0.05) is 12.1 Å². The fraction of sp³-hybridized carbons (Fsp3) is 0.0714. The van der Waals surface area contributed by atoms with Gasteiger partial charge in [-0.05, 0) is 30.3 Å². The molecule has 0 radical (unpaired) electrons. The van der Waals surface area contributed by atoms with Crippen LogP contribution >= 0.6 is 0 Å². The number of benzene rings is 2. The van der Waals surface area contributed by atoms with Crippen LogP contribution in [0, 0.1) is 5.82 Å². The lowest BCUT2D eigenvalue weighted by Crippen LogP contribution is -2.16. The highest BCUT2D eigenvalue weighted by Gasteiger charge is 2.32. The van der Waals surface area contributed by atoms with Crippen LogP contribution in [0.4, 0.5) is 23.2 Å². The molecule has 3 nitrogen and oxygen atoms in total. The van der Waals surface area contributed by atoms with E-state index in [1.54, 1.807) is 0 Å². The Kier molecular flexibility index (Phi) is 3.84. The molecule has 0 heterocycles. The van der Waals surface area contributed by atoms with Gasteiger partial charge in [0.25, 0.3) is 5.91 Å². The molecule has 0 unspecified atom stereocenters. The average Bonchev–Trinajstić information content (AvgIpc) is 2.40. The molecule has 2 rings (SSSR count). The van der Waals surface area contributed by atoms with Crippen LogP contribution in [0.1, 0.15) is 15.9 Å². The van der Waals surface area contributed by atoms with Gasteiger partial charge < -0.3 is 10.4 Å². The fourth-order valence-corrected chi connectivity index (χ4v) is 1.64. The third kappa shape index (κ3) is 3.31. The van der Waals surface area contributed by atoms with Crippen molar-refractivity contribution in [1.29, 1.82) is 0 Å². The van der Waals surface area contributed by atoms with Crippen molar-refractivity contribution in [2.24, 2.45) is 0 Å². The van der Waals surface area contributed by atoms with E-state index in [4.69, 9.17) is 0 Å². The van der Waals surface area contributed by atoms with Gasteiger partial charge in [0.1, 0.15) is 11.6 Å². The first-order valence-electron chi connectivity index (χ1n) is 5.75. The molecular weight excluding hydrogens is 290 g/mol. The zero-order chi connectivity index (χ0) is 15.6. The molecule has 21 heavy (non-hydrogen) atoms. The molecule has 0 fully saturated rings. The smallest absolute Gasteiger partial charge is 0.416 e. The van der Waals surface area contributed by atoms with E-state index in [2.05, 4.69) is 5.32 Å². The molecule has 0 saturated carbocycles. The third-order valence-electron chi connectivity index (χ3n) is 2.69. The van der Waals surface area contributed by atoms with Crippen molar-refractivity contribution in [2.75, 3.05) is 5.32 Å². The molecule has 0 saturated heterocycles. The van der Waals surface area contributed by atoms with Gasteiger partial charge >= 0.3 is 6.18 Å². The average molecular weight is 299 g/mol. The second-order valence-electron chi connectivity index (χ2n) is 4.16. The number of rotatable bonds is 2. The number of hydrogen-bond donors (Lipinski definition) is 2. The Labute approximate surface area is 116 Å². The number of hydrogen-bond acceptors (Lipinski definition) is 2. The maximum atomic E-state index is 13.5. The highest BCUT2D eigenvalue weighted by Crippen LogP contribution is 2.31. The zero-order valence-corrected chi connectivity index (χ0v) is 10.4. The molecular formula is C14H9F4NO2. The summed E-state index contributed by atoms with van der Waals surface area (Å²) < 4.78 is 51.2. The predicted octanol–water partition coefficient (Wildman–Crippen LogP) is 3.80. The van der Waals surface area contributed by atoms with Gasteiger partial charge in [-0.25, -0.2) is 4.39 Å². The minimum absolute atomic E-state index is 0.0284. The van der Waals surface area contributed by atoms with Crippen molar-refractivity contribution in [3.63, 3.8) is 0 Å². The van der Waals surface area contributed by atoms with Crippen LogP contribution in [-0.2, 0) is 6.18 Å². The molecule has 0 aromatic heterocycles. The number of carbonyl (C=O) groups is 1. The Morgan fingerprint density at radius 1 is 1.10 bits per heavy atom. The molecule has 0 atom stereocenters. The van der Waals surface area contributed by atoms with Gasteiger partial charge in [-0.15, -0.1) is 0 Å². The van der Waals surface area contributed by atoms with E-state index >= 15 is 0 Å². The van der Waals surface area contributed by atoms with Crippen LogP contribution in [0.15, 0.2) is 42.5 Å². The van der Waals surface area contributed by atoms with Crippen LogP contribution in [0.2, 0.25) is 0 Å². The second kappa shape index (κ2) is 5.43. The van der Waals surface area contributed by atoms with Crippen LogP contribution in [-0.4, -0.2) is 11.0 Å². The van der Waals surface area contributed by atoms with E-state index < -0.39 is 29.0 Å². The number of anilines is 1. The van der Waals surface area contributed by atoms with Gasteiger partial charge in [0.05, 0.1) is 16.8 Å². The molecule has 2 N–H and O–H groups in total. The van der Waals surface area contributed by atoms with Crippen LogP contribution < -0.4 is 5.32 Å². The van der Waals surface area contributed by atoms with Crippen LogP contribution in [0.25, 0.3) is 0 Å². The predicted molar refractivity (Wildman–Crippen MR) is 67.5 cm³/mol. The van der Waals surface area contributed by atoms with Gasteiger partial charge in [-0.2, -0.15) is 13.2 Å². The first-order chi connectivity index (χ1) is 9.79. The first kappa shape index (κ1) is 14.8. The summed E-state index contributed by atoms with van der Waals surface area (Å²) in [5, 5.41) is 11.6. The van der Waals surface area contributed by atoms with Crippen molar-refractivity contribution in [1.82, 2.24) is 0 Å². The molecule has 1 amide bonds. The minimum atomic E-state index is -4.68. The number of halogens is 4.